The Hall–Kier alpha value is -0.120. The summed E-state index contributed by atoms with van der Waals surface area (Å²) in [6.45, 7) is 7.69. The Kier molecular flexibility index (Phi) is 9.87. The van der Waals surface area contributed by atoms with E-state index in [4.69, 9.17) is 9.47 Å². The summed E-state index contributed by atoms with van der Waals surface area (Å²) in [6.07, 6.45) is 2.30. The van der Waals surface area contributed by atoms with Gasteiger partial charge in [-0.25, -0.2) is 0 Å². The van der Waals surface area contributed by atoms with E-state index >= 15 is 0 Å². The summed E-state index contributed by atoms with van der Waals surface area (Å²) in [5, 5.41) is 3.40. The third-order valence-electron chi connectivity index (χ3n) is 1.84. The van der Waals surface area contributed by atoms with E-state index in [1.54, 1.807) is 7.11 Å². The van der Waals surface area contributed by atoms with Crippen molar-refractivity contribution in [3.63, 3.8) is 0 Å². The van der Waals surface area contributed by atoms with Crippen molar-refractivity contribution in [1.29, 1.82) is 0 Å². The largest absolute Gasteiger partial charge is 0.385 e. The molecule has 80 valence electrons. The molecular weight excluding hydrogens is 166 g/mol. The van der Waals surface area contributed by atoms with Gasteiger partial charge in [0.2, 0.25) is 0 Å². The SMILES string of the molecule is CCOCC(C)NCCCCOC. The van der Waals surface area contributed by atoms with Gasteiger partial charge in [-0.15, -0.1) is 0 Å². The molecule has 0 bridgehead atoms. The predicted molar refractivity (Wildman–Crippen MR) is 55.1 cm³/mol. The number of hydrogen-bond donors (Lipinski definition) is 1. The van der Waals surface area contributed by atoms with Crippen molar-refractivity contribution >= 4 is 0 Å². The molecule has 3 heteroatoms. The first-order valence-electron chi connectivity index (χ1n) is 5.11. The van der Waals surface area contributed by atoms with Crippen LogP contribution in [0, 0.1) is 0 Å². The van der Waals surface area contributed by atoms with Crippen molar-refractivity contribution < 1.29 is 9.47 Å². The average molecular weight is 189 g/mol. The van der Waals surface area contributed by atoms with Gasteiger partial charge in [0.15, 0.2) is 0 Å². The quantitative estimate of drug-likeness (QED) is 0.557. The molecule has 0 rings (SSSR count). The standard InChI is InChI=1S/C10H23NO2/c1-4-13-9-10(2)11-7-5-6-8-12-3/h10-11H,4-9H2,1-3H3. The fourth-order valence-corrected chi connectivity index (χ4v) is 1.07. The molecule has 0 saturated heterocycles. The van der Waals surface area contributed by atoms with Crippen LogP contribution in [-0.4, -0.2) is 39.5 Å². The summed E-state index contributed by atoms with van der Waals surface area (Å²) in [5.41, 5.74) is 0. The zero-order valence-corrected chi connectivity index (χ0v) is 9.14. The van der Waals surface area contributed by atoms with Gasteiger partial charge in [0.1, 0.15) is 0 Å². The second kappa shape index (κ2) is 9.96. The lowest BCUT2D eigenvalue weighted by Crippen LogP contribution is -2.31. The highest BCUT2D eigenvalue weighted by molar-refractivity contribution is 4.58. The van der Waals surface area contributed by atoms with Gasteiger partial charge in [-0.05, 0) is 33.2 Å². The van der Waals surface area contributed by atoms with E-state index in [0.29, 0.717) is 6.04 Å². The predicted octanol–water partition coefficient (Wildman–Crippen LogP) is 1.43. The minimum absolute atomic E-state index is 0.461. The van der Waals surface area contributed by atoms with E-state index in [2.05, 4.69) is 12.2 Å². The smallest absolute Gasteiger partial charge is 0.0616 e. The van der Waals surface area contributed by atoms with Crippen LogP contribution in [0.15, 0.2) is 0 Å². The molecule has 0 radical (unpaired) electrons. The number of hydrogen-bond acceptors (Lipinski definition) is 3. The van der Waals surface area contributed by atoms with E-state index in [9.17, 15) is 0 Å². The molecule has 0 spiro atoms. The lowest BCUT2D eigenvalue weighted by Gasteiger charge is -2.12. The molecule has 0 amide bonds. The number of methoxy groups -OCH3 is 1. The highest BCUT2D eigenvalue weighted by Crippen LogP contribution is 1.89. The Labute approximate surface area is 81.8 Å². The van der Waals surface area contributed by atoms with Crippen molar-refractivity contribution in [2.45, 2.75) is 32.7 Å². The van der Waals surface area contributed by atoms with E-state index in [1.807, 2.05) is 6.92 Å². The lowest BCUT2D eigenvalue weighted by molar-refractivity contribution is 0.127. The molecule has 0 aromatic rings. The monoisotopic (exact) mass is 189 g/mol. The van der Waals surface area contributed by atoms with Crippen LogP contribution in [0.4, 0.5) is 0 Å². The van der Waals surface area contributed by atoms with Gasteiger partial charge in [-0.2, -0.15) is 0 Å². The molecule has 0 aliphatic carbocycles. The second-order valence-electron chi connectivity index (χ2n) is 3.21. The number of rotatable bonds is 9. The molecule has 0 saturated carbocycles. The number of unbranched alkanes of at least 4 members (excludes halogenated alkanes) is 1. The van der Waals surface area contributed by atoms with E-state index in [-0.39, 0.29) is 0 Å². The van der Waals surface area contributed by atoms with Crippen molar-refractivity contribution in [1.82, 2.24) is 5.32 Å². The van der Waals surface area contributed by atoms with Crippen LogP contribution in [0.1, 0.15) is 26.7 Å². The molecule has 0 aliphatic heterocycles. The zero-order chi connectivity index (χ0) is 9.94. The van der Waals surface area contributed by atoms with Gasteiger partial charge in [-0.1, -0.05) is 0 Å². The highest BCUT2D eigenvalue weighted by Gasteiger charge is 1.98. The maximum absolute atomic E-state index is 5.29. The summed E-state index contributed by atoms with van der Waals surface area (Å²) < 4.78 is 10.2. The molecule has 13 heavy (non-hydrogen) atoms. The summed E-state index contributed by atoms with van der Waals surface area (Å²) in [5.74, 6) is 0. The maximum atomic E-state index is 5.29. The molecule has 0 heterocycles. The van der Waals surface area contributed by atoms with Crippen molar-refractivity contribution in [3.05, 3.63) is 0 Å². The first kappa shape index (κ1) is 12.9. The Morgan fingerprint density at radius 3 is 2.69 bits per heavy atom. The van der Waals surface area contributed by atoms with Crippen LogP contribution in [-0.2, 0) is 9.47 Å². The van der Waals surface area contributed by atoms with Crippen molar-refractivity contribution in [2.24, 2.45) is 0 Å². The molecular formula is C10H23NO2. The molecule has 1 unspecified atom stereocenters. The van der Waals surface area contributed by atoms with Gasteiger partial charge in [0.25, 0.3) is 0 Å². The topological polar surface area (TPSA) is 30.5 Å². The minimum Gasteiger partial charge on any atom is -0.385 e. The third-order valence-corrected chi connectivity index (χ3v) is 1.84. The maximum Gasteiger partial charge on any atom is 0.0616 e. The van der Waals surface area contributed by atoms with E-state index in [0.717, 1.165) is 32.8 Å². The summed E-state index contributed by atoms with van der Waals surface area (Å²) in [6, 6.07) is 0.461. The van der Waals surface area contributed by atoms with Crippen molar-refractivity contribution in [3.8, 4) is 0 Å². The van der Waals surface area contributed by atoms with Gasteiger partial charge < -0.3 is 14.8 Å². The first-order chi connectivity index (χ1) is 6.31. The molecule has 3 nitrogen and oxygen atoms in total. The van der Waals surface area contributed by atoms with Crippen LogP contribution in [0.25, 0.3) is 0 Å². The van der Waals surface area contributed by atoms with Crippen molar-refractivity contribution in [2.75, 3.05) is 33.5 Å². The molecule has 0 aliphatic rings. The minimum atomic E-state index is 0.461. The van der Waals surface area contributed by atoms with Gasteiger partial charge >= 0.3 is 0 Å². The molecule has 0 fully saturated rings. The van der Waals surface area contributed by atoms with Gasteiger partial charge in [0, 0.05) is 26.4 Å². The second-order valence-corrected chi connectivity index (χ2v) is 3.21. The average Bonchev–Trinajstić information content (AvgIpc) is 2.14. The fourth-order valence-electron chi connectivity index (χ4n) is 1.07. The van der Waals surface area contributed by atoms with Crippen LogP contribution in [0.5, 0.6) is 0 Å². The summed E-state index contributed by atoms with van der Waals surface area (Å²) in [7, 11) is 1.74. The summed E-state index contributed by atoms with van der Waals surface area (Å²) in [4.78, 5) is 0. The first-order valence-corrected chi connectivity index (χ1v) is 5.11. The summed E-state index contributed by atoms with van der Waals surface area (Å²) >= 11 is 0. The van der Waals surface area contributed by atoms with Crippen LogP contribution in [0.3, 0.4) is 0 Å². The van der Waals surface area contributed by atoms with E-state index < -0.39 is 0 Å². The Morgan fingerprint density at radius 2 is 2.08 bits per heavy atom. The highest BCUT2D eigenvalue weighted by atomic mass is 16.5. The van der Waals surface area contributed by atoms with Crippen LogP contribution in [0.2, 0.25) is 0 Å². The molecule has 0 aromatic heterocycles. The van der Waals surface area contributed by atoms with Gasteiger partial charge in [-0.3, -0.25) is 0 Å². The fraction of sp³-hybridized carbons (Fsp3) is 1.00. The molecule has 1 atom stereocenters. The Bertz CT molecular complexity index is 98.9. The molecule has 0 aromatic carbocycles. The number of ether oxygens (including phenoxy) is 2. The third kappa shape index (κ3) is 9.80. The van der Waals surface area contributed by atoms with Gasteiger partial charge in [0.05, 0.1) is 6.61 Å². The normalized spacial score (nSPS) is 13.2. The molecule has 1 N–H and O–H groups in total. The van der Waals surface area contributed by atoms with Crippen LogP contribution >= 0.6 is 0 Å². The van der Waals surface area contributed by atoms with Crippen LogP contribution < -0.4 is 5.32 Å². The zero-order valence-electron chi connectivity index (χ0n) is 9.14. The number of nitrogens with one attached hydrogen (secondary N) is 1. The lowest BCUT2D eigenvalue weighted by atomic mass is 10.3. The Morgan fingerprint density at radius 1 is 1.31 bits per heavy atom. The Balaban J connectivity index is 3.03. The van der Waals surface area contributed by atoms with E-state index in [1.165, 1.54) is 6.42 Å².